The van der Waals surface area contributed by atoms with E-state index in [1.807, 2.05) is 13.0 Å². The summed E-state index contributed by atoms with van der Waals surface area (Å²) in [6.07, 6.45) is 1.85. The van der Waals surface area contributed by atoms with Crippen molar-refractivity contribution in [3.63, 3.8) is 0 Å². The zero-order chi connectivity index (χ0) is 15.4. The number of halogens is 1. The first-order chi connectivity index (χ1) is 10.0. The van der Waals surface area contributed by atoms with Crippen LogP contribution in [0.4, 0.5) is 4.39 Å². The number of amides is 1. The molecule has 1 aromatic rings. The van der Waals surface area contributed by atoms with Crippen molar-refractivity contribution in [3.05, 3.63) is 35.6 Å². The van der Waals surface area contributed by atoms with Gasteiger partial charge in [0.05, 0.1) is 5.92 Å². The van der Waals surface area contributed by atoms with Crippen molar-refractivity contribution in [2.24, 2.45) is 11.7 Å². The molecule has 1 saturated heterocycles. The third kappa shape index (κ3) is 3.80. The number of hydrogen-bond acceptors (Lipinski definition) is 3. The van der Waals surface area contributed by atoms with Gasteiger partial charge >= 0.3 is 0 Å². The van der Waals surface area contributed by atoms with Crippen LogP contribution < -0.4 is 11.1 Å². The Kier molecular flexibility index (Phi) is 5.31. The van der Waals surface area contributed by atoms with Crippen LogP contribution in [0.25, 0.3) is 0 Å². The van der Waals surface area contributed by atoms with Gasteiger partial charge in [-0.25, -0.2) is 4.39 Å². The molecule has 3 atom stereocenters. The summed E-state index contributed by atoms with van der Waals surface area (Å²) in [7, 11) is 1.66. The van der Waals surface area contributed by atoms with Gasteiger partial charge in [-0.1, -0.05) is 12.1 Å². The van der Waals surface area contributed by atoms with Crippen molar-refractivity contribution in [3.8, 4) is 0 Å². The molecule has 0 aromatic heterocycles. The smallest absolute Gasteiger partial charge is 0.224 e. The van der Waals surface area contributed by atoms with Crippen LogP contribution in [0, 0.1) is 11.7 Å². The van der Waals surface area contributed by atoms with Crippen LogP contribution in [0.3, 0.4) is 0 Å². The van der Waals surface area contributed by atoms with Gasteiger partial charge in [0.1, 0.15) is 5.82 Å². The molecule has 0 spiro atoms. The Bertz CT molecular complexity index is 492. The molecule has 0 bridgehead atoms. The third-order valence-electron chi connectivity index (χ3n) is 4.15. The molecule has 3 unspecified atom stereocenters. The number of benzene rings is 1. The maximum atomic E-state index is 13.5. The van der Waals surface area contributed by atoms with E-state index in [4.69, 9.17) is 5.73 Å². The first-order valence-electron chi connectivity index (χ1n) is 7.49. The molecular weight excluding hydrogens is 269 g/mol. The van der Waals surface area contributed by atoms with E-state index in [9.17, 15) is 9.18 Å². The fourth-order valence-electron chi connectivity index (χ4n) is 3.21. The molecule has 116 valence electrons. The van der Waals surface area contributed by atoms with Gasteiger partial charge < -0.3 is 11.1 Å². The van der Waals surface area contributed by atoms with E-state index in [0.29, 0.717) is 6.54 Å². The predicted octanol–water partition coefficient (Wildman–Crippen LogP) is 1.67. The van der Waals surface area contributed by atoms with Gasteiger partial charge in [0.2, 0.25) is 5.91 Å². The van der Waals surface area contributed by atoms with Gasteiger partial charge in [-0.05, 0) is 44.0 Å². The molecule has 1 aliphatic rings. The molecule has 1 aromatic carbocycles. The molecule has 1 aliphatic heterocycles. The second kappa shape index (κ2) is 7.00. The van der Waals surface area contributed by atoms with Crippen LogP contribution in [0.2, 0.25) is 0 Å². The van der Waals surface area contributed by atoms with Crippen LogP contribution in [0.5, 0.6) is 0 Å². The SMILES string of the molecule is CNC(=O)C1CCCN(C(c2cccc(F)c2)C(C)N)C1. The van der Waals surface area contributed by atoms with Crippen molar-refractivity contribution in [2.45, 2.75) is 31.8 Å². The number of carbonyl (C=O) groups is 1. The van der Waals surface area contributed by atoms with Crippen molar-refractivity contribution in [1.82, 2.24) is 10.2 Å². The summed E-state index contributed by atoms with van der Waals surface area (Å²) in [5, 5.41) is 2.72. The second-order valence-corrected chi connectivity index (χ2v) is 5.81. The van der Waals surface area contributed by atoms with Crippen LogP contribution in [-0.4, -0.2) is 37.0 Å². The molecular formula is C16H24FN3O. The number of likely N-dealkylation sites (tertiary alicyclic amines) is 1. The average Bonchev–Trinajstić information content (AvgIpc) is 2.46. The Balaban J connectivity index is 2.20. The quantitative estimate of drug-likeness (QED) is 0.888. The van der Waals surface area contributed by atoms with Gasteiger partial charge in [0, 0.05) is 25.7 Å². The zero-order valence-corrected chi connectivity index (χ0v) is 12.7. The average molecular weight is 293 g/mol. The summed E-state index contributed by atoms with van der Waals surface area (Å²) in [5.74, 6) is -0.195. The lowest BCUT2D eigenvalue weighted by Gasteiger charge is -2.39. The van der Waals surface area contributed by atoms with Crippen LogP contribution in [0.15, 0.2) is 24.3 Å². The molecule has 1 amide bonds. The van der Waals surface area contributed by atoms with E-state index in [1.54, 1.807) is 13.1 Å². The summed E-state index contributed by atoms with van der Waals surface area (Å²) >= 11 is 0. The molecule has 2 rings (SSSR count). The maximum absolute atomic E-state index is 13.5. The Labute approximate surface area is 125 Å². The van der Waals surface area contributed by atoms with Gasteiger partial charge in [0.15, 0.2) is 0 Å². The number of piperidine rings is 1. The number of nitrogens with one attached hydrogen (secondary N) is 1. The number of hydrogen-bond donors (Lipinski definition) is 2. The van der Waals surface area contributed by atoms with Gasteiger partial charge in [0.25, 0.3) is 0 Å². The molecule has 1 fully saturated rings. The minimum Gasteiger partial charge on any atom is -0.359 e. The fourth-order valence-corrected chi connectivity index (χ4v) is 3.21. The van der Waals surface area contributed by atoms with E-state index < -0.39 is 0 Å². The van der Waals surface area contributed by atoms with Crippen molar-refractivity contribution >= 4 is 5.91 Å². The van der Waals surface area contributed by atoms with E-state index in [-0.39, 0.29) is 29.7 Å². The Morgan fingerprint density at radius 3 is 2.90 bits per heavy atom. The van der Waals surface area contributed by atoms with Crippen molar-refractivity contribution < 1.29 is 9.18 Å². The van der Waals surface area contributed by atoms with E-state index in [0.717, 1.165) is 24.9 Å². The normalized spacial score (nSPS) is 22.6. The minimum atomic E-state index is -0.252. The van der Waals surface area contributed by atoms with E-state index >= 15 is 0 Å². The monoisotopic (exact) mass is 293 g/mol. The van der Waals surface area contributed by atoms with Crippen molar-refractivity contribution in [2.75, 3.05) is 20.1 Å². The predicted molar refractivity (Wildman–Crippen MR) is 81.2 cm³/mol. The van der Waals surface area contributed by atoms with Gasteiger partial charge in [-0.15, -0.1) is 0 Å². The molecule has 3 N–H and O–H groups in total. The number of nitrogens with two attached hydrogens (primary N) is 1. The summed E-state index contributed by atoms with van der Waals surface area (Å²) < 4.78 is 13.5. The number of carbonyl (C=O) groups excluding carboxylic acids is 1. The number of rotatable bonds is 4. The Hall–Kier alpha value is -1.46. The number of nitrogens with zero attached hydrogens (tertiary/aromatic N) is 1. The zero-order valence-electron chi connectivity index (χ0n) is 12.7. The lowest BCUT2D eigenvalue weighted by Crippen LogP contribution is -2.47. The molecule has 0 aliphatic carbocycles. The standard InChI is InChI=1S/C16H24FN3O/c1-11(18)15(12-5-3-7-14(17)9-12)20-8-4-6-13(10-20)16(21)19-2/h3,5,7,9,11,13,15H,4,6,8,10,18H2,1-2H3,(H,19,21). The lowest BCUT2D eigenvalue weighted by atomic mass is 9.92. The van der Waals surface area contributed by atoms with Gasteiger partial charge in [-0.3, -0.25) is 9.69 Å². The summed E-state index contributed by atoms with van der Waals surface area (Å²) in [6, 6.07) is 6.40. The molecule has 5 heteroatoms. The maximum Gasteiger partial charge on any atom is 0.224 e. The third-order valence-corrected chi connectivity index (χ3v) is 4.15. The minimum absolute atomic E-state index is 0.0152. The first-order valence-corrected chi connectivity index (χ1v) is 7.49. The first kappa shape index (κ1) is 15.9. The van der Waals surface area contributed by atoms with Crippen LogP contribution in [-0.2, 0) is 4.79 Å². The molecule has 4 nitrogen and oxygen atoms in total. The summed E-state index contributed by atoms with van der Waals surface area (Å²) in [6.45, 7) is 3.48. The molecule has 1 heterocycles. The second-order valence-electron chi connectivity index (χ2n) is 5.81. The fraction of sp³-hybridized carbons (Fsp3) is 0.562. The Morgan fingerprint density at radius 2 is 2.29 bits per heavy atom. The highest BCUT2D eigenvalue weighted by Crippen LogP contribution is 2.29. The summed E-state index contributed by atoms with van der Waals surface area (Å²) in [5.41, 5.74) is 7.02. The highest BCUT2D eigenvalue weighted by molar-refractivity contribution is 5.78. The van der Waals surface area contributed by atoms with Crippen molar-refractivity contribution in [1.29, 1.82) is 0 Å². The van der Waals surface area contributed by atoms with Gasteiger partial charge in [-0.2, -0.15) is 0 Å². The highest BCUT2D eigenvalue weighted by Gasteiger charge is 2.31. The lowest BCUT2D eigenvalue weighted by molar-refractivity contribution is -0.126. The van der Waals surface area contributed by atoms with E-state index in [2.05, 4.69) is 10.2 Å². The molecule has 0 saturated carbocycles. The largest absolute Gasteiger partial charge is 0.359 e. The topological polar surface area (TPSA) is 58.4 Å². The highest BCUT2D eigenvalue weighted by atomic mass is 19.1. The molecule has 21 heavy (non-hydrogen) atoms. The molecule has 0 radical (unpaired) electrons. The van der Waals surface area contributed by atoms with E-state index in [1.165, 1.54) is 12.1 Å². The van der Waals surface area contributed by atoms with Crippen LogP contribution in [0.1, 0.15) is 31.4 Å². The Morgan fingerprint density at radius 1 is 1.52 bits per heavy atom. The van der Waals surface area contributed by atoms with Crippen LogP contribution >= 0.6 is 0 Å². The summed E-state index contributed by atoms with van der Waals surface area (Å²) in [4.78, 5) is 14.1.